The SMILES string of the molecule is CCCN1CCC(NC(=O)CCCOc2cccc3ccccc23)CC1. The molecule has 3 rings (SSSR count). The lowest BCUT2D eigenvalue weighted by molar-refractivity contribution is -0.122. The standard InChI is InChI=1S/C22H30N2O2/c1-2-14-24-15-12-19(13-16-24)23-22(25)11-6-17-26-21-10-5-8-18-7-3-4-9-20(18)21/h3-5,7-10,19H,2,6,11-17H2,1H3,(H,23,25). The van der Waals surface area contributed by atoms with Gasteiger partial charge in [-0.3, -0.25) is 4.79 Å². The number of fused-ring (bicyclic) bond motifs is 1. The van der Waals surface area contributed by atoms with Crippen molar-refractivity contribution in [3.63, 3.8) is 0 Å². The fourth-order valence-electron chi connectivity index (χ4n) is 3.65. The molecular weight excluding hydrogens is 324 g/mol. The molecular formula is C22H30N2O2. The molecule has 0 aromatic heterocycles. The van der Waals surface area contributed by atoms with Crippen molar-refractivity contribution in [2.75, 3.05) is 26.2 Å². The fourth-order valence-corrected chi connectivity index (χ4v) is 3.65. The normalized spacial score (nSPS) is 15.9. The molecule has 0 saturated carbocycles. The van der Waals surface area contributed by atoms with Gasteiger partial charge in [-0.2, -0.15) is 0 Å². The summed E-state index contributed by atoms with van der Waals surface area (Å²) in [7, 11) is 0. The molecule has 1 amide bonds. The maximum atomic E-state index is 12.2. The minimum Gasteiger partial charge on any atom is -0.493 e. The monoisotopic (exact) mass is 354 g/mol. The van der Waals surface area contributed by atoms with E-state index in [0.717, 1.165) is 43.5 Å². The topological polar surface area (TPSA) is 41.6 Å². The van der Waals surface area contributed by atoms with Crippen LogP contribution in [0.2, 0.25) is 0 Å². The Hall–Kier alpha value is -2.07. The number of ether oxygens (including phenoxy) is 1. The summed E-state index contributed by atoms with van der Waals surface area (Å²) >= 11 is 0. The van der Waals surface area contributed by atoms with Crippen LogP contribution >= 0.6 is 0 Å². The highest BCUT2D eigenvalue weighted by Gasteiger charge is 2.19. The van der Waals surface area contributed by atoms with Crippen LogP contribution in [0.25, 0.3) is 10.8 Å². The molecule has 2 aromatic rings. The van der Waals surface area contributed by atoms with E-state index in [9.17, 15) is 4.79 Å². The van der Waals surface area contributed by atoms with Crippen LogP contribution in [-0.4, -0.2) is 43.1 Å². The predicted molar refractivity (Wildman–Crippen MR) is 107 cm³/mol. The minimum atomic E-state index is 0.153. The van der Waals surface area contributed by atoms with Gasteiger partial charge in [0.1, 0.15) is 5.75 Å². The number of benzene rings is 2. The van der Waals surface area contributed by atoms with Crippen LogP contribution in [-0.2, 0) is 4.79 Å². The molecule has 0 radical (unpaired) electrons. The average Bonchev–Trinajstić information content (AvgIpc) is 2.67. The van der Waals surface area contributed by atoms with Gasteiger partial charge in [-0.05, 0) is 43.7 Å². The first-order valence-corrected chi connectivity index (χ1v) is 9.88. The summed E-state index contributed by atoms with van der Waals surface area (Å²) in [6.45, 7) is 6.16. The zero-order chi connectivity index (χ0) is 18.2. The second-order valence-electron chi connectivity index (χ2n) is 7.11. The Balaban J connectivity index is 1.36. The molecule has 0 atom stereocenters. The maximum Gasteiger partial charge on any atom is 0.220 e. The van der Waals surface area contributed by atoms with Crippen molar-refractivity contribution >= 4 is 16.7 Å². The molecule has 0 spiro atoms. The molecule has 1 heterocycles. The second-order valence-corrected chi connectivity index (χ2v) is 7.11. The number of nitrogens with one attached hydrogen (secondary N) is 1. The molecule has 1 fully saturated rings. The quantitative estimate of drug-likeness (QED) is 0.729. The van der Waals surface area contributed by atoms with Gasteiger partial charge in [-0.25, -0.2) is 0 Å². The molecule has 4 heteroatoms. The van der Waals surface area contributed by atoms with Crippen LogP contribution < -0.4 is 10.1 Å². The third-order valence-electron chi connectivity index (χ3n) is 5.05. The highest BCUT2D eigenvalue weighted by molar-refractivity contribution is 5.88. The van der Waals surface area contributed by atoms with Gasteiger partial charge in [0.2, 0.25) is 5.91 Å². The number of carbonyl (C=O) groups excluding carboxylic acids is 1. The van der Waals surface area contributed by atoms with Crippen molar-refractivity contribution in [2.45, 2.75) is 45.1 Å². The first-order chi connectivity index (χ1) is 12.8. The molecule has 1 aliphatic heterocycles. The Bertz CT molecular complexity index is 703. The first-order valence-electron chi connectivity index (χ1n) is 9.88. The third-order valence-corrected chi connectivity index (χ3v) is 5.05. The van der Waals surface area contributed by atoms with Crippen LogP contribution in [0.3, 0.4) is 0 Å². The van der Waals surface area contributed by atoms with E-state index in [0.29, 0.717) is 19.1 Å². The van der Waals surface area contributed by atoms with E-state index in [-0.39, 0.29) is 5.91 Å². The molecule has 140 valence electrons. The summed E-state index contributed by atoms with van der Waals surface area (Å²) in [4.78, 5) is 14.6. The maximum absolute atomic E-state index is 12.2. The summed E-state index contributed by atoms with van der Waals surface area (Å²) in [5.74, 6) is 1.05. The highest BCUT2D eigenvalue weighted by atomic mass is 16.5. The molecule has 1 N–H and O–H groups in total. The summed E-state index contributed by atoms with van der Waals surface area (Å²) < 4.78 is 5.91. The lowest BCUT2D eigenvalue weighted by Gasteiger charge is -2.32. The summed E-state index contributed by atoms with van der Waals surface area (Å²) in [6, 6.07) is 14.6. The van der Waals surface area contributed by atoms with Crippen molar-refractivity contribution in [1.82, 2.24) is 10.2 Å². The second kappa shape index (κ2) is 9.58. The number of carbonyl (C=O) groups is 1. The molecule has 0 bridgehead atoms. The number of hydrogen-bond donors (Lipinski definition) is 1. The summed E-state index contributed by atoms with van der Waals surface area (Å²) in [5.41, 5.74) is 0. The van der Waals surface area contributed by atoms with E-state index in [4.69, 9.17) is 4.74 Å². The molecule has 26 heavy (non-hydrogen) atoms. The summed E-state index contributed by atoms with van der Waals surface area (Å²) in [5, 5.41) is 5.49. The number of rotatable bonds is 8. The molecule has 1 aliphatic rings. The Morgan fingerprint density at radius 3 is 2.73 bits per heavy atom. The third kappa shape index (κ3) is 5.21. The Kier molecular flexibility index (Phi) is 6.89. The van der Waals surface area contributed by atoms with Crippen LogP contribution in [0.5, 0.6) is 5.75 Å². The summed E-state index contributed by atoms with van der Waals surface area (Å²) in [6.07, 6.45) is 4.61. The number of likely N-dealkylation sites (tertiary alicyclic amines) is 1. The van der Waals surface area contributed by atoms with E-state index in [1.807, 2.05) is 24.3 Å². The van der Waals surface area contributed by atoms with Gasteiger partial charge >= 0.3 is 0 Å². The van der Waals surface area contributed by atoms with Crippen LogP contribution in [0.1, 0.15) is 39.0 Å². The average molecular weight is 354 g/mol. The van der Waals surface area contributed by atoms with Crippen LogP contribution in [0, 0.1) is 0 Å². The van der Waals surface area contributed by atoms with Crippen molar-refractivity contribution in [2.24, 2.45) is 0 Å². The molecule has 1 saturated heterocycles. The van der Waals surface area contributed by atoms with E-state index >= 15 is 0 Å². The Labute approximate surface area is 156 Å². The van der Waals surface area contributed by atoms with E-state index < -0.39 is 0 Å². The van der Waals surface area contributed by atoms with Gasteiger partial charge in [0.15, 0.2) is 0 Å². The number of amides is 1. The van der Waals surface area contributed by atoms with Crippen molar-refractivity contribution in [1.29, 1.82) is 0 Å². The molecule has 0 aliphatic carbocycles. The number of piperidine rings is 1. The van der Waals surface area contributed by atoms with Gasteiger partial charge in [-0.1, -0.05) is 43.3 Å². The number of nitrogens with zero attached hydrogens (tertiary/aromatic N) is 1. The molecule has 4 nitrogen and oxygen atoms in total. The van der Waals surface area contributed by atoms with E-state index in [1.165, 1.54) is 18.4 Å². The first kappa shape index (κ1) is 18.7. The smallest absolute Gasteiger partial charge is 0.220 e. The minimum absolute atomic E-state index is 0.153. The van der Waals surface area contributed by atoms with Gasteiger partial charge < -0.3 is 15.0 Å². The fraction of sp³-hybridized carbons (Fsp3) is 0.500. The highest BCUT2D eigenvalue weighted by Crippen LogP contribution is 2.25. The lowest BCUT2D eigenvalue weighted by atomic mass is 10.0. The zero-order valence-electron chi connectivity index (χ0n) is 15.7. The van der Waals surface area contributed by atoms with Crippen LogP contribution in [0.15, 0.2) is 42.5 Å². The Morgan fingerprint density at radius 2 is 1.92 bits per heavy atom. The molecule has 2 aromatic carbocycles. The van der Waals surface area contributed by atoms with Crippen molar-refractivity contribution in [3.05, 3.63) is 42.5 Å². The predicted octanol–water partition coefficient (Wildman–Crippen LogP) is 3.99. The van der Waals surface area contributed by atoms with Gasteiger partial charge in [0, 0.05) is 30.9 Å². The van der Waals surface area contributed by atoms with E-state index in [2.05, 4.69) is 35.3 Å². The molecule has 0 unspecified atom stereocenters. The van der Waals surface area contributed by atoms with Gasteiger partial charge in [0.25, 0.3) is 0 Å². The van der Waals surface area contributed by atoms with Crippen molar-refractivity contribution < 1.29 is 9.53 Å². The van der Waals surface area contributed by atoms with E-state index in [1.54, 1.807) is 0 Å². The van der Waals surface area contributed by atoms with Crippen LogP contribution in [0.4, 0.5) is 0 Å². The number of hydrogen-bond acceptors (Lipinski definition) is 3. The van der Waals surface area contributed by atoms with Gasteiger partial charge in [0.05, 0.1) is 6.61 Å². The largest absolute Gasteiger partial charge is 0.493 e. The lowest BCUT2D eigenvalue weighted by Crippen LogP contribution is -2.44. The zero-order valence-corrected chi connectivity index (χ0v) is 15.7. The van der Waals surface area contributed by atoms with Crippen molar-refractivity contribution in [3.8, 4) is 5.75 Å². The van der Waals surface area contributed by atoms with Gasteiger partial charge in [-0.15, -0.1) is 0 Å². The Morgan fingerprint density at radius 1 is 1.15 bits per heavy atom.